The zero-order valence-corrected chi connectivity index (χ0v) is 13.5. The van der Waals surface area contributed by atoms with Crippen LogP contribution in [0.4, 0.5) is 0 Å². The lowest BCUT2D eigenvalue weighted by Gasteiger charge is -2.06. The summed E-state index contributed by atoms with van der Waals surface area (Å²) < 4.78 is 7.37. The summed E-state index contributed by atoms with van der Waals surface area (Å²) in [6.07, 6.45) is 3.46. The predicted molar refractivity (Wildman–Crippen MR) is 88.7 cm³/mol. The van der Waals surface area contributed by atoms with Gasteiger partial charge in [-0.1, -0.05) is 18.2 Å². The van der Waals surface area contributed by atoms with Gasteiger partial charge in [-0.3, -0.25) is 4.79 Å². The number of carbonyl (C=O) groups is 1. The van der Waals surface area contributed by atoms with Crippen molar-refractivity contribution >= 4 is 22.2 Å². The number of benzene rings is 1. The van der Waals surface area contributed by atoms with Gasteiger partial charge >= 0.3 is 0 Å². The van der Waals surface area contributed by atoms with Crippen LogP contribution in [0.15, 0.2) is 42.0 Å². The van der Waals surface area contributed by atoms with Gasteiger partial charge in [-0.05, 0) is 18.6 Å². The van der Waals surface area contributed by atoms with Gasteiger partial charge in [0.25, 0.3) is 0 Å². The van der Waals surface area contributed by atoms with E-state index in [-0.39, 0.29) is 5.91 Å². The molecule has 1 aromatic carbocycles. The van der Waals surface area contributed by atoms with E-state index in [4.69, 9.17) is 4.74 Å². The first-order chi connectivity index (χ1) is 11.3. The predicted octanol–water partition coefficient (Wildman–Crippen LogP) is 2.31. The summed E-state index contributed by atoms with van der Waals surface area (Å²) in [6, 6.07) is 9.62. The molecule has 0 fully saturated rings. The lowest BCUT2D eigenvalue weighted by atomic mass is 10.3. The lowest BCUT2D eigenvalue weighted by Crippen LogP contribution is -2.26. The van der Waals surface area contributed by atoms with Gasteiger partial charge in [0.15, 0.2) is 0 Å². The lowest BCUT2D eigenvalue weighted by molar-refractivity contribution is -0.121. The van der Waals surface area contributed by atoms with Crippen LogP contribution in [0, 0.1) is 0 Å². The standard InChI is InChI=1S/C16H18N4O2S/c21-15(7-4-10-22-14-5-2-1-3-6-14)17-9-8-13-11-23-16-18-12-19-20(13)16/h1-3,5-6,11-12H,4,7-10H2,(H,17,21). The van der Waals surface area contributed by atoms with Crippen molar-refractivity contribution in [3.05, 3.63) is 47.7 Å². The fraction of sp³-hybridized carbons (Fsp3) is 0.312. The summed E-state index contributed by atoms with van der Waals surface area (Å²) in [5.41, 5.74) is 1.07. The molecule has 0 unspecified atom stereocenters. The molecule has 7 heteroatoms. The van der Waals surface area contributed by atoms with Gasteiger partial charge in [-0.25, -0.2) is 9.50 Å². The highest BCUT2D eigenvalue weighted by Gasteiger charge is 2.06. The van der Waals surface area contributed by atoms with E-state index in [0.717, 1.165) is 22.8 Å². The average Bonchev–Trinajstić information content (AvgIpc) is 3.17. The van der Waals surface area contributed by atoms with Crippen LogP contribution < -0.4 is 10.1 Å². The first kappa shape index (κ1) is 15.5. The van der Waals surface area contributed by atoms with Crippen LogP contribution in [0.3, 0.4) is 0 Å². The van der Waals surface area contributed by atoms with E-state index in [9.17, 15) is 4.79 Å². The van der Waals surface area contributed by atoms with E-state index in [1.165, 1.54) is 0 Å². The Balaban J connectivity index is 1.31. The third-order valence-corrected chi connectivity index (χ3v) is 4.23. The first-order valence-electron chi connectivity index (χ1n) is 7.53. The fourth-order valence-corrected chi connectivity index (χ4v) is 3.03. The molecule has 2 heterocycles. The number of amides is 1. The second-order valence-electron chi connectivity index (χ2n) is 5.05. The Labute approximate surface area is 138 Å². The maximum Gasteiger partial charge on any atom is 0.220 e. The quantitative estimate of drug-likeness (QED) is 0.644. The highest BCUT2D eigenvalue weighted by Crippen LogP contribution is 2.12. The van der Waals surface area contributed by atoms with E-state index in [1.807, 2.05) is 40.2 Å². The Morgan fingerprint density at radius 3 is 3.04 bits per heavy atom. The van der Waals surface area contributed by atoms with E-state index in [2.05, 4.69) is 15.4 Å². The van der Waals surface area contributed by atoms with Gasteiger partial charge in [0.05, 0.1) is 12.3 Å². The minimum absolute atomic E-state index is 0.0479. The van der Waals surface area contributed by atoms with Crippen molar-refractivity contribution in [2.75, 3.05) is 13.2 Å². The number of thiazole rings is 1. The summed E-state index contributed by atoms with van der Waals surface area (Å²) in [4.78, 5) is 16.8. The van der Waals surface area contributed by atoms with Crippen LogP contribution in [0.1, 0.15) is 18.5 Å². The molecule has 6 nitrogen and oxygen atoms in total. The molecule has 3 aromatic rings. The number of hydrogen-bond acceptors (Lipinski definition) is 5. The Morgan fingerprint density at radius 1 is 1.30 bits per heavy atom. The topological polar surface area (TPSA) is 68.5 Å². The number of ether oxygens (including phenoxy) is 1. The molecule has 23 heavy (non-hydrogen) atoms. The molecule has 0 aliphatic rings. The zero-order valence-electron chi connectivity index (χ0n) is 12.6. The van der Waals surface area contributed by atoms with E-state index in [1.54, 1.807) is 17.7 Å². The third kappa shape index (κ3) is 4.29. The molecule has 0 aliphatic carbocycles. The minimum atomic E-state index is 0.0479. The van der Waals surface area contributed by atoms with Gasteiger partial charge in [0, 0.05) is 24.8 Å². The van der Waals surface area contributed by atoms with Crippen LogP contribution in [-0.4, -0.2) is 33.7 Å². The monoisotopic (exact) mass is 330 g/mol. The van der Waals surface area contributed by atoms with E-state index >= 15 is 0 Å². The number of rotatable bonds is 8. The van der Waals surface area contributed by atoms with Gasteiger partial charge in [0.2, 0.25) is 10.9 Å². The van der Waals surface area contributed by atoms with Gasteiger partial charge in [-0.2, -0.15) is 5.10 Å². The molecular formula is C16H18N4O2S. The number of carbonyl (C=O) groups excluding carboxylic acids is 1. The van der Waals surface area contributed by atoms with E-state index in [0.29, 0.717) is 26.0 Å². The highest BCUT2D eigenvalue weighted by molar-refractivity contribution is 7.15. The SMILES string of the molecule is O=C(CCCOc1ccccc1)NCCc1csc2ncnn12. The molecule has 0 spiro atoms. The molecule has 120 valence electrons. The van der Waals surface area contributed by atoms with Crippen LogP contribution in [0.2, 0.25) is 0 Å². The molecule has 2 aromatic heterocycles. The Kier molecular flexibility index (Phi) is 5.21. The summed E-state index contributed by atoms with van der Waals surface area (Å²) in [6.45, 7) is 1.14. The first-order valence-corrected chi connectivity index (χ1v) is 8.41. The Morgan fingerprint density at radius 2 is 2.17 bits per heavy atom. The molecule has 3 rings (SSSR count). The second kappa shape index (κ2) is 7.73. The molecule has 0 saturated heterocycles. The van der Waals surface area contributed by atoms with Crippen LogP contribution in [0.25, 0.3) is 4.96 Å². The number of hydrogen-bond donors (Lipinski definition) is 1. The fourth-order valence-electron chi connectivity index (χ4n) is 2.20. The molecule has 0 bridgehead atoms. The summed E-state index contributed by atoms with van der Waals surface area (Å²) in [7, 11) is 0. The summed E-state index contributed by atoms with van der Waals surface area (Å²) in [5.74, 6) is 0.883. The van der Waals surface area contributed by atoms with Crippen molar-refractivity contribution < 1.29 is 9.53 Å². The largest absolute Gasteiger partial charge is 0.494 e. The summed E-state index contributed by atoms with van der Waals surface area (Å²) >= 11 is 1.55. The Hall–Kier alpha value is -2.41. The molecule has 0 radical (unpaired) electrons. The number of nitrogens with zero attached hydrogens (tertiary/aromatic N) is 3. The van der Waals surface area contributed by atoms with Crippen molar-refractivity contribution in [2.24, 2.45) is 0 Å². The van der Waals surface area contributed by atoms with Crippen LogP contribution >= 0.6 is 11.3 Å². The minimum Gasteiger partial charge on any atom is -0.494 e. The van der Waals surface area contributed by atoms with Crippen molar-refractivity contribution in [3.63, 3.8) is 0 Å². The molecular weight excluding hydrogens is 312 g/mol. The van der Waals surface area contributed by atoms with Crippen molar-refractivity contribution in [1.29, 1.82) is 0 Å². The smallest absolute Gasteiger partial charge is 0.220 e. The van der Waals surface area contributed by atoms with Gasteiger partial charge in [-0.15, -0.1) is 11.3 Å². The molecule has 1 amide bonds. The third-order valence-electron chi connectivity index (χ3n) is 3.35. The molecule has 1 N–H and O–H groups in total. The second-order valence-corrected chi connectivity index (χ2v) is 5.88. The van der Waals surface area contributed by atoms with Gasteiger partial charge in [0.1, 0.15) is 12.1 Å². The highest BCUT2D eigenvalue weighted by atomic mass is 32.1. The van der Waals surface area contributed by atoms with Crippen molar-refractivity contribution in [1.82, 2.24) is 19.9 Å². The van der Waals surface area contributed by atoms with Crippen molar-refractivity contribution in [2.45, 2.75) is 19.3 Å². The maximum absolute atomic E-state index is 11.8. The van der Waals surface area contributed by atoms with Crippen molar-refractivity contribution in [3.8, 4) is 5.75 Å². The molecule has 0 atom stereocenters. The number of aromatic nitrogens is 3. The number of nitrogens with one attached hydrogen (secondary N) is 1. The number of fused-ring (bicyclic) bond motifs is 1. The van der Waals surface area contributed by atoms with Gasteiger partial charge < -0.3 is 10.1 Å². The van der Waals surface area contributed by atoms with Crippen LogP contribution in [0.5, 0.6) is 5.75 Å². The molecule has 0 aliphatic heterocycles. The average molecular weight is 330 g/mol. The zero-order chi connectivity index (χ0) is 15.9. The van der Waals surface area contributed by atoms with Crippen LogP contribution in [-0.2, 0) is 11.2 Å². The maximum atomic E-state index is 11.8. The van der Waals surface area contributed by atoms with E-state index < -0.39 is 0 Å². The summed E-state index contributed by atoms with van der Waals surface area (Å²) in [5, 5.41) is 9.10. The molecule has 0 saturated carbocycles. The normalized spacial score (nSPS) is 10.8. The number of para-hydroxylation sites is 1. The Bertz CT molecular complexity index is 754.